The van der Waals surface area contributed by atoms with Crippen molar-refractivity contribution in [3.8, 4) is 0 Å². The van der Waals surface area contributed by atoms with Gasteiger partial charge in [0.05, 0.1) is 6.10 Å². The van der Waals surface area contributed by atoms with Gasteiger partial charge in [0.15, 0.2) is 0 Å². The topological polar surface area (TPSA) is 23.5 Å². The summed E-state index contributed by atoms with van der Waals surface area (Å²) >= 11 is 1.93. The molecule has 1 aliphatic heterocycles. The Morgan fingerprint density at radius 1 is 1.38 bits per heavy atom. The highest BCUT2D eigenvalue weighted by Crippen LogP contribution is 2.20. The first-order chi connectivity index (χ1) is 7.74. The molecule has 2 unspecified atom stereocenters. The van der Waals surface area contributed by atoms with Crippen molar-refractivity contribution in [3.63, 3.8) is 0 Å². The molecule has 0 amide bonds. The Kier molecular flexibility index (Phi) is 7.50. The summed E-state index contributed by atoms with van der Waals surface area (Å²) in [6.45, 7) is 4.38. The van der Waals surface area contributed by atoms with Gasteiger partial charge in [0, 0.05) is 6.04 Å². The number of aliphatic hydroxyl groups is 1. The van der Waals surface area contributed by atoms with Crippen molar-refractivity contribution in [1.29, 1.82) is 0 Å². The molecule has 1 fully saturated rings. The Morgan fingerprint density at radius 3 is 2.88 bits per heavy atom. The molecule has 2 nitrogen and oxygen atoms in total. The Bertz CT molecular complexity index is 175. The van der Waals surface area contributed by atoms with Crippen molar-refractivity contribution in [2.75, 3.05) is 25.1 Å². The smallest absolute Gasteiger partial charge is 0.0527 e. The molecule has 1 N–H and O–H groups in total. The first-order valence-corrected chi connectivity index (χ1v) is 8.04. The van der Waals surface area contributed by atoms with E-state index in [9.17, 15) is 5.11 Å². The molecule has 0 aromatic heterocycles. The molecule has 1 saturated heterocycles. The number of rotatable bonds is 6. The Morgan fingerprint density at radius 2 is 2.19 bits per heavy atom. The van der Waals surface area contributed by atoms with Gasteiger partial charge in [-0.3, -0.25) is 0 Å². The molecule has 0 aromatic rings. The first kappa shape index (κ1) is 14.3. The maximum absolute atomic E-state index is 9.56. The standard InChI is InChI=1S/C13H27NOS/c1-12(15)11-13-7-4-3-5-8-14(13)9-6-10-16-2/h12-13,15H,3-11H2,1-2H3. The van der Waals surface area contributed by atoms with E-state index < -0.39 is 0 Å². The third-order valence-electron chi connectivity index (χ3n) is 3.41. The molecule has 1 rings (SSSR count). The number of nitrogens with zero attached hydrogens (tertiary/aromatic N) is 1. The highest BCUT2D eigenvalue weighted by Gasteiger charge is 2.21. The van der Waals surface area contributed by atoms with Crippen LogP contribution in [0.15, 0.2) is 0 Å². The summed E-state index contributed by atoms with van der Waals surface area (Å²) in [5, 5.41) is 9.56. The molecular weight excluding hydrogens is 218 g/mol. The van der Waals surface area contributed by atoms with Crippen LogP contribution in [0.1, 0.15) is 45.4 Å². The van der Waals surface area contributed by atoms with E-state index in [0.717, 1.165) is 6.42 Å². The van der Waals surface area contributed by atoms with E-state index in [0.29, 0.717) is 6.04 Å². The molecule has 1 heterocycles. The van der Waals surface area contributed by atoms with Gasteiger partial charge in [-0.2, -0.15) is 11.8 Å². The zero-order chi connectivity index (χ0) is 11.8. The van der Waals surface area contributed by atoms with Gasteiger partial charge in [-0.15, -0.1) is 0 Å². The van der Waals surface area contributed by atoms with Gasteiger partial charge in [0.1, 0.15) is 0 Å². The van der Waals surface area contributed by atoms with Gasteiger partial charge >= 0.3 is 0 Å². The zero-order valence-corrected chi connectivity index (χ0v) is 11.6. The van der Waals surface area contributed by atoms with Gasteiger partial charge in [0.2, 0.25) is 0 Å². The van der Waals surface area contributed by atoms with Gasteiger partial charge < -0.3 is 10.0 Å². The second kappa shape index (κ2) is 8.37. The summed E-state index contributed by atoms with van der Waals surface area (Å²) in [4.78, 5) is 2.62. The van der Waals surface area contributed by atoms with Crippen LogP contribution < -0.4 is 0 Å². The molecule has 0 aliphatic carbocycles. The minimum Gasteiger partial charge on any atom is -0.393 e. The van der Waals surface area contributed by atoms with Crippen LogP contribution in [0.2, 0.25) is 0 Å². The predicted molar refractivity (Wildman–Crippen MR) is 73.1 cm³/mol. The monoisotopic (exact) mass is 245 g/mol. The fourth-order valence-electron chi connectivity index (χ4n) is 2.60. The minimum atomic E-state index is -0.147. The molecule has 0 radical (unpaired) electrons. The van der Waals surface area contributed by atoms with Crippen LogP contribution in [0, 0.1) is 0 Å². The van der Waals surface area contributed by atoms with Gasteiger partial charge in [-0.05, 0) is 57.7 Å². The fourth-order valence-corrected chi connectivity index (χ4v) is 3.02. The van der Waals surface area contributed by atoms with Gasteiger partial charge in [-0.1, -0.05) is 12.8 Å². The van der Waals surface area contributed by atoms with Crippen molar-refractivity contribution < 1.29 is 5.11 Å². The molecule has 0 aromatic carbocycles. The quantitative estimate of drug-likeness (QED) is 0.728. The lowest BCUT2D eigenvalue weighted by Crippen LogP contribution is -2.37. The van der Waals surface area contributed by atoms with Crippen LogP contribution in [0.4, 0.5) is 0 Å². The van der Waals surface area contributed by atoms with E-state index in [4.69, 9.17) is 0 Å². The average Bonchev–Trinajstić information content (AvgIpc) is 2.44. The van der Waals surface area contributed by atoms with Crippen LogP contribution in [0.25, 0.3) is 0 Å². The summed E-state index contributed by atoms with van der Waals surface area (Å²) < 4.78 is 0. The van der Waals surface area contributed by atoms with Gasteiger partial charge in [-0.25, -0.2) is 0 Å². The van der Waals surface area contributed by atoms with Crippen LogP contribution in [0.3, 0.4) is 0 Å². The van der Waals surface area contributed by atoms with E-state index in [-0.39, 0.29) is 6.10 Å². The summed E-state index contributed by atoms with van der Waals surface area (Å²) in [5.41, 5.74) is 0. The van der Waals surface area contributed by atoms with Crippen LogP contribution in [-0.4, -0.2) is 47.3 Å². The molecule has 0 saturated carbocycles. The largest absolute Gasteiger partial charge is 0.393 e. The zero-order valence-electron chi connectivity index (χ0n) is 10.8. The molecule has 0 spiro atoms. The highest BCUT2D eigenvalue weighted by atomic mass is 32.2. The van der Waals surface area contributed by atoms with Crippen molar-refractivity contribution >= 4 is 11.8 Å². The number of thioether (sulfide) groups is 1. The third kappa shape index (κ3) is 5.55. The molecule has 0 bridgehead atoms. The normalized spacial score (nSPS) is 25.3. The lowest BCUT2D eigenvalue weighted by Gasteiger charge is -2.30. The lowest BCUT2D eigenvalue weighted by molar-refractivity contribution is 0.113. The maximum atomic E-state index is 9.56. The van der Waals surface area contributed by atoms with Gasteiger partial charge in [0.25, 0.3) is 0 Å². The maximum Gasteiger partial charge on any atom is 0.0527 e. The van der Waals surface area contributed by atoms with E-state index in [2.05, 4.69) is 11.2 Å². The molecule has 16 heavy (non-hydrogen) atoms. The summed E-state index contributed by atoms with van der Waals surface area (Å²) in [6, 6.07) is 0.629. The number of aliphatic hydroxyl groups excluding tert-OH is 1. The number of likely N-dealkylation sites (tertiary alicyclic amines) is 1. The highest BCUT2D eigenvalue weighted by molar-refractivity contribution is 7.98. The van der Waals surface area contributed by atoms with Crippen LogP contribution in [0.5, 0.6) is 0 Å². The van der Waals surface area contributed by atoms with Crippen molar-refractivity contribution in [3.05, 3.63) is 0 Å². The van der Waals surface area contributed by atoms with Crippen LogP contribution >= 0.6 is 11.8 Å². The molecule has 3 heteroatoms. The van der Waals surface area contributed by atoms with E-state index in [1.807, 2.05) is 18.7 Å². The first-order valence-electron chi connectivity index (χ1n) is 6.65. The average molecular weight is 245 g/mol. The van der Waals surface area contributed by atoms with E-state index >= 15 is 0 Å². The predicted octanol–water partition coefficient (Wildman–Crippen LogP) is 2.76. The number of hydrogen-bond acceptors (Lipinski definition) is 3. The number of hydrogen-bond donors (Lipinski definition) is 1. The SMILES string of the molecule is CSCCCN1CCCCCC1CC(C)O. The molecular formula is C13H27NOS. The van der Waals surface area contributed by atoms with Crippen molar-refractivity contribution in [2.45, 2.75) is 57.6 Å². The van der Waals surface area contributed by atoms with Crippen molar-refractivity contribution in [2.24, 2.45) is 0 Å². The molecule has 1 aliphatic rings. The second-order valence-electron chi connectivity index (χ2n) is 4.97. The fraction of sp³-hybridized carbons (Fsp3) is 1.00. The second-order valence-corrected chi connectivity index (χ2v) is 5.96. The van der Waals surface area contributed by atoms with E-state index in [1.54, 1.807) is 0 Å². The lowest BCUT2D eigenvalue weighted by atomic mass is 10.0. The minimum absolute atomic E-state index is 0.147. The molecule has 96 valence electrons. The Balaban J connectivity index is 2.38. The van der Waals surface area contributed by atoms with E-state index in [1.165, 1.54) is 50.9 Å². The Labute approximate surface area is 105 Å². The van der Waals surface area contributed by atoms with Crippen molar-refractivity contribution in [1.82, 2.24) is 4.90 Å². The summed E-state index contributed by atoms with van der Waals surface area (Å²) in [6.07, 6.45) is 9.61. The third-order valence-corrected chi connectivity index (χ3v) is 4.10. The van der Waals surface area contributed by atoms with Crippen LogP contribution in [-0.2, 0) is 0 Å². The summed E-state index contributed by atoms with van der Waals surface area (Å²) in [5.74, 6) is 1.26. The Hall–Kier alpha value is 0.270. The summed E-state index contributed by atoms with van der Waals surface area (Å²) in [7, 11) is 0. The molecule has 2 atom stereocenters.